The van der Waals surface area contributed by atoms with E-state index in [1.54, 1.807) is 0 Å². The van der Waals surface area contributed by atoms with Crippen LogP contribution in [0.1, 0.15) is 30.2 Å². The fourth-order valence-corrected chi connectivity index (χ4v) is 1.80. The van der Waals surface area contributed by atoms with E-state index in [-0.39, 0.29) is 0 Å². The Balaban J connectivity index is 2.31. The molecule has 1 rings (SSSR count). The van der Waals surface area contributed by atoms with Gasteiger partial charge in [0.05, 0.1) is 0 Å². The van der Waals surface area contributed by atoms with Gasteiger partial charge in [-0.15, -0.1) is 11.3 Å². The van der Waals surface area contributed by atoms with Crippen molar-refractivity contribution in [3.63, 3.8) is 0 Å². The summed E-state index contributed by atoms with van der Waals surface area (Å²) in [7, 11) is 0. The molecule has 0 radical (unpaired) electrons. The normalized spacial score (nSPS) is 10.5. The second-order valence-corrected chi connectivity index (χ2v) is 3.95. The van der Waals surface area contributed by atoms with E-state index < -0.39 is 0 Å². The van der Waals surface area contributed by atoms with E-state index in [0.717, 1.165) is 19.5 Å². The first-order valence-electron chi connectivity index (χ1n) is 4.51. The molecule has 2 nitrogen and oxygen atoms in total. The molecule has 0 aliphatic rings. The summed E-state index contributed by atoms with van der Waals surface area (Å²) in [4.78, 5) is 5.69. The van der Waals surface area contributed by atoms with Crippen molar-refractivity contribution in [2.24, 2.45) is 0 Å². The first kappa shape index (κ1) is 9.68. The van der Waals surface area contributed by atoms with Crippen LogP contribution < -0.4 is 5.32 Å². The molecule has 0 fully saturated rings. The minimum atomic E-state index is 0.929. The smallest absolute Gasteiger partial charge is 0.107 e. The van der Waals surface area contributed by atoms with E-state index in [0.29, 0.717) is 0 Å². The van der Waals surface area contributed by atoms with Gasteiger partial charge in [-0.3, -0.25) is 0 Å². The highest BCUT2D eigenvalue weighted by Crippen LogP contribution is 2.12. The molecule has 68 valence electrons. The maximum atomic E-state index is 4.31. The van der Waals surface area contributed by atoms with Gasteiger partial charge in [0, 0.05) is 17.6 Å². The predicted octanol–water partition coefficient (Wildman–Crippen LogP) is 2.21. The van der Waals surface area contributed by atoms with Gasteiger partial charge in [-0.1, -0.05) is 13.8 Å². The van der Waals surface area contributed by atoms with Crippen LogP contribution in [0.15, 0.2) is 6.20 Å². The quantitative estimate of drug-likeness (QED) is 0.710. The summed E-state index contributed by atoms with van der Waals surface area (Å²) >= 11 is 1.81. The van der Waals surface area contributed by atoms with Gasteiger partial charge in [0.25, 0.3) is 0 Å². The third-order valence-corrected chi connectivity index (χ3v) is 2.79. The molecule has 3 heteroatoms. The van der Waals surface area contributed by atoms with Gasteiger partial charge < -0.3 is 5.32 Å². The molecule has 0 unspecified atom stereocenters. The van der Waals surface area contributed by atoms with Crippen LogP contribution in [0.5, 0.6) is 0 Å². The van der Waals surface area contributed by atoms with Crippen molar-refractivity contribution in [3.05, 3.63) is 16.1 Å². The summed E-state index contributed by atoms with van der Waals surface area (Å²) in [5, 5.41) is 4.55. The lowest BCUT2D eigenvalue weighted by atomic mass is 10.4. The molecule has 0 saturated carbocycles. The van der Waals surface area contributed by atoms with Crippen LogP contribution in [0, 0.1) is 0 Å². The number of nitrogens with zero attached hydrogens (tertiary/aromatic N) is 1. The minimum absolute atomic E-state index is 0.929. The Bertz CT molecular complexity index is 220. The number of thiazole rings is 1. The van der Waals surface area contributed by atoms with Crippen LogP contribution in [0.3, 0.4) is 0 Å². The topological polar surface area (TPSA) is 24.9 Å². The van der Waals surface area contributed by atoms with Gasteiger partial charge in [0.15, 0.2) is 0 Å². The van der Waals surface area contributed by atoms with Crippen molar-refractivity contribution in [2.75, 3.05) is 6.54 Å². The molecule has 1 heterocycles. The Labute approximate surface area is 78.0 Å². The molecular formula is C9H16N2S. The molecule has 1 aromatic heterocycles. The lowest BCUT2D eigenvalue weighted by Crippen LogP contribution is -2.13. The van der Waals surface area contributed by atoms with E-state index in [1.165, 1.54) is 16.3 Å². The van der Waals surface area contributed by atoms with E-state index in [1.807, 2.05) is 17.5 Å². The van der Waals surface area contributed by atoms with Gasteiger partial charge in [-0.25, -0.2) is 4.98 Å². The number of nitrogens with one attached hydrogen (secondary N) is 1. The lowest BCUT2D eigenvalue weighted by Gasteiger charge is -1.97. The third-order valence-electron chi connectivity index (χ3n) is 1.65. The third kappa shape index (κ3) is 2.91. The summed E-state index contributed by atoms with van der Waals surface area (Å²) in [6, 6.07) is 0. The molecule has 12 heavy (non-hydrogen) atoms. The van der Waals surface area contributed by atoms with Crippen molar-refractivity contribution >= 4 is 11.3 Å². The maximum absolute atomic E-state index is 4.31. The van der Waals surface area contributed by atoms with Crippen molar-refractivity contribution in [1.29, 1.82) is 0 Å². The number of rotatable bonds is 5. The van der Waals surface area contributed by atoms with Gasteiger partial charge in [0.2, 0.25) is 0 Å². The minimum Gasteiger partial charge on any atom is -0.310 e. The number of aromatic nitrogens is 1. The highest BCUT2D eigenvalue weighted by Gasteiger charge is 1.98. The van der Waals surface area contributed by atoms with E-state index >= 15 is 0 Å². The van der Waals surface area contributed by atoms with Gasteiger partial charge in [-0.2, -0.15) is 0 Å². The van der Waals surface area contributed by atoms with Crippen molar-refractivity contribution < 1.29 is 0 Å². The Kier molecular flexibility index (Phi) is 4.25. The Hall–Kier alpha value is -0.410. The highest BCUT2D eigenvalue weighted by molar-refractivity contribution is 7.11. The molecule has 0 aliphatic carbocycles. The van der Waals surface area contributed by atoms with Crippen molar-refractivity contribution in [1.82, 2.24) is 10.3 Å². The highest BCUT2D eigenvalue weighted by atomic mass is 32.1. The average Bonchev–Trinajstić information content (AvgIpc) is 2.53. The maximum Gasteiger partial charge on any atom is 0.107 e. The first-order chi connectivity index (χ1) is 5.86. The van der Waals surface area contributed by atoms with E-state index in [4.69, 9.17) is 0 Å². The summed E-state index contributed by atoms with van der Waals surface area (Å²) in [5.41, 5.74) is 0. The Morgan fingerprint density at radius 1 is 1.50 bits per heavy atom. The summed E-state index contributed by atoms with van der Waals surface area (Å²) in [5.74, 6) is 0. The van der Waals surface area contributed by atoms with Crippen molar-refractivity contribution in [2.45, 2.75) is 33.2 Å². The molecule has 0 atom stereocenters. The molecule has 1 aromatic rings. The molecule has 0 aliphatic heterocycles. The predicted molar refractivity (Wildman–Crippen MR) is 53.5 cm³/mol. The molecule has 0 spiro atoms. The summed E-state index contributed by atoms with van der Waals surface area (Å²) < 4.78 is 0. The number of aryl methyl sites for hydroxylation is 1. The second-order valence-electron chi connectivity index (χ2n) is 2.75. The Morgan fingerprint density at radius 3 is 2.92 bits per heavy atom. The fourth-order valence-electron chi connectivity index (χ4n) is 0.965. The molecule has 0 bridgehead atoms. The average molecular weight is 184 g/mol. The van der Waals surface area contributed by atoms with E-state index in [2.05, 4.69) is 24.1 Å². The molecular weight excluding hydrogens is 168 g/mol. The second kappa shape index (κ2) is 5.27. The fraction of sp³-hybridized carbons (Fsp3) is 0.667. The lowest BCUT2D eigenvalue weighted by molar-refractivity contribution is 0.673. The molecule has 0 aromatic carbocycles. The monoisotopic (exact) mass is 184 g/mol. The zero-order valence-corrected chi connectivity index (χ0v) is 8.58. The van der Waals surface area contributed by atoms with Gasteiger partial charge in [0.1, 0.15) is 5.01 Å². The van der Waals surface area contributed by atoms with E-state index in [9.17, 15) is 0 Å². The zero-order chi connectivity index (χ0) is 8.81. The van der Waals surface area contributed by atoms with Crippen LogP contribution in [-0.4, -0.2) is 11.5 Å². The molecule has 0 saturated heterocycles. The van der Waals surface area contributed by atoms with Crippen LogP contribution in [0.4, 0.5) is 0 Å². The first-order valence-corrected chi connectivity index (χ1v) is 5.32. The SMILES string of the molecule is CCCNCc1ncc(CC)s1. The van der Waals surface area contributed by atoms with Crippen LogP contribution in [0.25, 0.3) is 0 Å². The van der Waals surface area contributed by atoms with Crippen LogP contribution in [-0.2, 0) is 13.0 Å². The van der Waals surface area contributed by atoms with Crippen LogP contribution >= 0.6 is 11.3 Å². The number of hydrogen-bond donors (Lipinski definition) is 1. The van der Waals surface area contributed by atoms with Crippen LogP contribution in [0.2, 0.25) is 0 Å². The van der Waals surface area contributed by atoms with Gasteiger partial charge >= 0.3 is 0 Å². The summed E-state index contributed by atoms with van der Waals surface area (Å²) in [6.07, 6.45) is 4.27. The van der Waals surface area contributed by atoms with Crippen molar-refractivity contribution in [3.8, 4) is 0 Å². The standard InChI is InChI=1S/C9H16N2S/c1-3-5-10-7-9-11-6-8(4-2)12-9/h6,10H,3-5,7H2,1-2H3. The number of hydrogen-bond acceptors (Lipinski definition) is 3. The molecule has 0 amide bonds. The summed E-state index contributed by atoms with van der Waals surface area (Å²) in [6.45, 7) is 6.35. The zero-order valence-electron chi connectivity index (χ0n) is 7.76. The molecule has 1 N–H and O–H groups in total. The largest absolute Gasteiger partial charge is 0.310 e. The van der Waals surface area contributed by atoms with Gasteiger partial charge in [-0.05, 0) is 19.4 Å². The Morgan fingerprint density at radius 2 is 2.33 bits per heavy atom.